The third kappa shape index (κ3) is 33.7. The van der Waals surface area contributed by atoms with Crippen LogP contribution in [0.4, 0.5) is 0 Å². The second kappa shape index (κ2) is 46.8. The van der Waals surface area contributed by atoms with Crippen LogP contribution in [-0.2, 0) is 81.2 Å². The number of nitrogens with zero attached hydrogens (tertiary/aromatic N) is 12. The highest BCUT2D eigenvalue weighted by Gasteiger charge is 2.37. The fourth-order valence-electron chi connectivity index (χ4n) is 15.7. The van der Waals surface area contributed by atoms with Crippen molar-refractivity contribution in [1.82, 2.24) is 58.8 Å². The van der Waals surface area contributed by atoms with Crippen molar-refractivity contribution in [1.29, 1.82) is 0 Å². The summed E-state index contributed by atoms with van der Waals surface area (Å²) in [5.74, 6) is 2.16. The molecule has 0 radical (unpaired) electrons. The lowest BCUT2D eigenvalue weighted by Crippen LogP contribution is -2.56. The number of aryl methyl sites for hydroxylation is 1. The molecule has 1 atom stereocenters. The van der Waals surface area contributed by atoms with Crippen LogP contribution in [0, 0.1) is 39.4 Å². The van der Waals surface area contributed by atoms with Crippen LogP contribution >= 0.6 is 11.6 Å². The van der Waals surface area contributed by atoms with Gasteiger partial charge in [0.2, 0.25) is 35.4 Å². The first-order valence-corrected chi connectivity index (χ1v) is 45.0. The second-order valence-corrected chi connectivity index (χ2v) is 40.8. The minimum Gasteiger partial charge on any atom is -0.508 e. The van der Waals surface area contributed by atoms with Crippen molar-refractivity contribution in [3.8, 4) is 17.2 Å². The van der Waals surface area contributed by atoms with E-state index in [1.54, 1.807) is 36.4 Å². The van der Waals surface area contributed by atoms with Crippen molar-refractivity contribution in [3.63, 3.8) is 0 Å². The van der Waals surface area contributed by atoms with E-state index in [-0.39, 0.29) is 86.9 Å². The SMILES string of the molecule is CC(C)(C)C(=O)N1CCN(Cc2ccc(O)c(Cl)c2)CC1.CC(C)(C)C(=O)N1CCN(Cc2ccc(O)cc2)CC1.CC(C)(C)C(=O)N1CCN(Cc2cccc(CO)c2)CC1.CC(C)(C)C(=O)N1CCN(Cc2cccc(O)c2)CC1.CC1CN(Cc2ccccc2)CCN1C(=O)C(C)(C)C.Cc1ccc(CN2CCN(C(=O)C(C)(C)C)CC2)cc1CO. The molecule has 124 heavy (non-hydrogen) atoms. The maximum Gasteiger partial charge on any atom is 0.228 e. The Bertz CT molecular complexity index is 4330. The predicted molar refractivity (Wildman–Crippen MR) is 498 cm³/mol. The Kier molecular flexibility index (Phi) is 38.7. The zero-order valence-corrected chi connectivity index (χ0v) is 79.5. The lowest BCUT2D eigenvalue weighted by molar-refractivity contribution is -0.144. The maximum atomic E-state index is 12.4. The number of carbonyl (C=O) groups is 6. The van der Waals surface area contributed by atoms with Crippen LogP contribution in [0.25, 0.3) is 0 Å². The number of aromatic hydroxyl groups is 3. The molecule has 12 rings (SSSR count). The highest BCUT2D eigenvalue weighted by atomic mass is 35.5. The summed E-state index contributed by atoms with van der Waals surface area (Å²) in [7, 11) is 0. The minimum atomic E-state index is -0.313. The van der Waals surface area contributed by atoms with Crippen molar-refractivity contribution >= 4 is 47.0 Å². The summed E-state index contributed by atoms with van der Waals surface area (Å²) >= 11 is 5.93. The van der Waals surface area contributed by atoms with Gasteiger partial charge in [-0.05, 0) is 100 Å². The molecule has 0 aromatic heterocycles. The Hall–Kier alpha value is -8.49. The van der Waals surface area contributed by atoms with Gasteiger partial charge in [-0.1, -0.05) is 239 Å². The Morgan fingerprint density at radius 2 is 0.605 bits per heavy atom. The number of piperazine rings is 6. The molecule has 24 heteroatoms. The van der Waals surface area contributed by atoms with Gasteiger partial charge >= 0.3 is 0 Å². The number of phenolic OH excluding ortho intramolecular Hbond substituents is 3. The first kappa shape index (κ1) is 103. The highest BCUT2D eigenvalue weighted by molar-refractivity contribution is 6.32. The molecule has 5 N–H and O–H groups in total. The average Bonchev–Trinajstić information content (AvgIpc) is 0.795. The molecule has 6 heterocycles. The standard InChI is InChI=1S/C18H28N2O2.C17H26N2O2.C17H26N2O.C16H23ClN2O2.2C16H24N2O2/c1-14-5-6-15(11-16(14)13-21)12-19-7-9-20(10-8-19)17(22)18(2,3)4;1-17(2,3)16(21)19-9-7-18(8-10-19)12-14-5-4-6-15(11-14)13-20;1-14-12-18(13-15-8-6-5-7-9-15)10-11-19(14)16(20)17(2,3)4;1-16(2,3)15(21)19-8-6-18(7-9-19)11-12-4-5-14(20)13(17)10-12;1-16(2,3)15(20)18-10-8-17(9-11-18)12-13-4-6-14(19)7-5-13;1-16(2,3)15(20)18-9-7-17(8-10-18)12-13-5-4-6-14(19)11-13/h5-6,11,21H,7-10,12-13H2,1-4H3;4-6,11,20H,7-10,12-13H2,1-3H3;5-9,14H,10-13H2,1-4H3;4-5,10,20H,6-9,11H2,1-3H3;4-7,19H,8-12H2,1-3H3;4-6,11,19H,7-10,12H2,1-3H3. The molecule has 6 aromatic rings. The average molecular weight is 1730 g/mol. The third-order valence-electron chi connectivity index (χ3n) is 23.0. The Balaban J connectivity index is 0.000000204. The van der Waals surface area contributed by atoms with Crippen LogP contribution < -0.4 is 0 Å². The third-order valence-corrected chi connectivity index (χ3v) is 23.3. The summed E-state index contributed by atoms with van der Waals surface area (Å²) in [5, 5.41) is 47.1. The molecule has 6 aliphatic heterocycles. The van der Waals surface area contributed by atoms with E-state index in [0.717, 1.165) is 218 Å². The van der Waals surface area contributed by atoms with E-state index >= 15 is 0 Å². The van der Waals surface area contributed by atoms with E-state index in [4.69, 9.17) is 11.6 Å². The number of benzene rings is 6. The van der Waals surface area contributed by atoms with Gasteiger partial charge in [0.15, 0.2) is 0 Å². The van der Waals surface area contributed by atoms with E-state index < -0.39 is 0 Å². The number of hydrogen-bond acceptors (Lipinski definition) is 17. The van der Waals surface area contributed by atoms with Crippen molar-refractivity contribution < 1.29 is 54.3 Å². The fraction of sp³-hybridized carbons (Fsp3) is 0.580. The van der Waals surface area contributed by atoms with Gasteiger partial charge in [0.1, 0.15) is 17.2 Å². The summed E-state index contributed by atoms with van der Waals surface area (Å²) in [6.07, 6.45) is 0. The van der Waals surface area contributed by atoms with Crippen molar-refractivity contribution in [2.45, 2.75) is 197 Å². The zero-order valence-electron chi connectivity index (χ0n) is 78.7. The number of aliphatic hydroxyl groups excluding tert-OH is 2. The van der Waals surface area contributed by atoms with Gasteiger partial charge < -0.3 is 54.9 Å². The van der Waals surface area contributed by atoms with Gasteiger partial charge in [-0.3, -0.25) is 58.2 Å². The van der Waals surface area contributed by atoms with Crippen molar-refractivity contribution in [3.05, 3.63) is 195 Å². The molecule has 23 nitrogen and oxygen atoms in total. The topological polar surface area (TPSA) is 242 Å². The monoisotopic (exact) mass is 1730 g/mol. The second-order valence-electron chi connectivity index (χ2n) is 40.4. The fourth-order valence-corrected chi connectivity index (χ4v) is 15.9. The lowest BCUT2D eigenvalue weighted by atomic mass is 9.93. The van der Waals surface area contributed by atoms with E-state index in [1.165, 1.54) is 22.3 Å². The van der Waals surface area contributed by atoms with Crippen LogP contribution in [0.3, 0.4) is 0 Å². The highest BCUT2D eigenvalue weighted by Crippen LogP contribution is 2.30. The summed E-state index contributed by atoms with van der Waals surface area (Å²) in [5.41, 5.74) is 8.48. The zero-order chi connectivity index (χ0) is 91.7. The number of rotatable bonds is 14. The maximum absolute atomic E-state index is 12.4. The van der Waals surface area contributed by atoms with Gasteiger partial charge in [0, 0.05) is 228 Å². The molecule has 6 fully saturated rings. The van der Waals surface area contributed by atoms with Crippen LogP contribution in [-0.4, -0.2) is 276 Å². The van der Waals surface area contributed by atoms with Gasteiger partial charge in [-0.2, -0.15) is 0 Å². The number of carbonyl (C=O) groups excluding carboxylic acids is 6. The van der Waals surface area contributed by atoms with E-state index in [1.807, 2.05) is 216 Å². The Labute approximate surface area is 747 Å². The van der Waals surface area contributed by atoms with Gasteiger partial charge in [0.25, 0.3) is 0 Å². The molecule has 6 saturated heterocycles. The minimum absolute atomic E-state index is 0.0850. The van der Waals surface area contributed by atoms with Gasteiger partial charge in [-0.15, -0.1) is 0 Å². The lowest BCUT2D eigenvalue weighted by Gasteiger charge is -2.42. The first-order valence-electron chi connectivity index (χ1n) is 44.7. The smallest absolute Gasteiger partial charge is 0.228 e. The molecule has 6 aliphatic rings. The van der Waals surface area contributed by atoms with Crippen LogP contribution in [0.5, 0.6) is 17.2 Å². The first-order chi connectivity index (χ1) is 58.1. The molecular formula is C100H151ClN12O11. The molecule has 684 valence electrons. The molecule has 6 aromatic carbocycles. The van der Waals surface area contributed by atoms with Gasteiger partial charge in [-0.25, -0.2) is 0 Å². The molecule has 1 unspecified atom stereocenters. The van der Waals surface area contributed by atoms with E-state index in [9.17, 15) is 54.3 Å². The number of hydrogen-bond donors (Lipinski definition) is 5. The largest absolute Gasteiger partial charge is 0.508 e. The van der Waals surface area contributed by atoms with E-state index in [2.05, 4.69) is 84.9 Å². The molecule has 0 bridgehead atoms. The summed E-state index contributed by atoms with van der Waals surface area (Å²) in [6.45, 7) is 64.7. The summed E-state index contributed by atoms with van der Waals surface area (Å²) in [6, 6.07) is 45.2. The molecule has 0 spiro atoms. The summed E-state index contributed by atoms with van der Waals surface area (Å²) in [4.78, 5) is 99.6. The molecular weight excluding hydrogens is 1580 g/mol. The Morgan fingerprint density at radius 3 is 0.952 bits per heavy atom. The van der Waals surface area contributed by atoms with E-state index in [0.29, 0.717) is 22.6 Å². The molecule has 0 saturated carbocycles. The summed E-state index contributed by atoms with van der Waals surface area (Å²) < 4.78 is 0. The van der Waals surface area contributed by atoms with Crippen LogP contribution in [0.1, 0.15) is 182 Å². The normalized spacial score (nSPS) is 17.7. The predicted octanol–water partition coefficient (Wildman–Crippen LogP) is 13.7. The quantitative estimate of drug-likeness (QED) is 0.0681. The van der Waals surface area contributed by atoms with Crippen molar-refractivity contribution in [2.24, 2.45) is 32.5 Å². The number of amides is 6. The molecule has 0 aliphatic carbocycles. The number of phenols is 3. The Morgan fingerprint density at radius 1 is 0.306 bits per heavy atom. The van der Waals surface area contributed by atoms with Crippen LogP contribution in [0.2, 0.25) is 5.02 Å². The number of aliphatic hydroxyl groups is 2. The van der Waals surface area contributed by atoms with Crippen molar-refractivity contribution in [2.75, 3.05) is 151 Å². The van der Waals surface area contributed by atoms with Gasteiger partial charge in [0.05, 0.1) is 18.2 Å². The van der Waals surface area contributed by atoms with Crippen LogP contribution in [0.15, 0.2) is 140 Å². The number of halogens is 1. The molecule has 6 amide bonds.